The van der Waals surface area contributed by atoms with Crippen molar-refractivity contribution >= 4 is 0 Å². The minimum absolute atomic E-state index is 0. The number of imidazole rings is 2. The van der Waals surface area contributed by atoms with Gasteiger partial charge in [-0.1, -0.05) is 0 Å². The Morgan fingerprint density at radius 1 is 0.605 bits per heavy atom. The van der Waals surface area contributed by atoms with E-state index in [1.165, 1.54) is 0 Å². The van der Waals surface area contributed by atoms with Gasteiger partial charge in [-0.3, -0.25) is 0 Å². The summed E-state index contributed by atoms with van der Waals surface area (Å²) in [4.78, 5) is 30.1. The van der Waals surface area contributed by atoms with Crippen LogP contribution in [-0.4, -0.2) is 98.4 Å². The van der Waals surface area contributed by atoms with E-state index in [2.05, 4.69) is 9.97 Å². The maximum Gasteiger partial charge on any atom is 0.120 e. The van der Waals surface area contributed by atoms with Gasteiger partial charge in [-0.2, -0.15) is 0 Å². The van der Waals surface area contributed by atoms with Crippen molar-refractivity contribution < 1.29 is 45.5 Å². The summed E-state index contributed by atoms with van der Waals surface area (Å²) >= 11 is 0. The van der Waals surface area contributed by atoms with Crippen molar-refractivity contribution in [3.05, 3.63) is 57.4 Å². The van der Waals surface area contributed by atoms with Crippen LogP contribution in [0.3, 0.4) is 0 Å². The SMILES string of the molecule is C1COCCOCCOCCOCCOCCO1.Cn1ccnc1.Cn1ccnc1.O=N[O-].[Fe].[N]=O.[N]=O. The molecule has 1 aliphatic rings. The van der Waals surface area contributed by atoms with E-state index in [-0.39, 0.29) is 17.1 Å². The molecule has 0 saturated carbocycles. The van der Waals surface area contributed by atoms with Gasteiger partial charge in [0.05, 0.1) is 91.9 Å². The van der Waals surface area contributed by atoms with E-state index in [1.54, 1.807) is 25.0 Å². The first-order valence-corrected chi connectivity index (χ1v) is 10.8. The Bertz CT molecular complexity index is 537. The van der Waals surface area contributed by atoms with Crippen LogP contribution in [0.5, 0.6) is 0 Å². The van der Waals surface area contributed by atoms with Gasteiger partial charge in [0.1, 0.15) is 11.2 Å². The monoisotopic (exact) mass is 590 g/mol. The van der Waals surface area contributed by atoms with Crippen LogP contribution >= 0.6 is 0 Å². The molecule has 2 aromatic heterocycles. The summed E-state index contributed by atoms with van der Waals surface area (Å²) in [6, 6.07) is 0. The smallest absolute Gasteiger partial charge is 0.120 e. The Balaban J connectivity index is -0.000000236. The van der Waals surface area contributed by atoms with Crippen molar-refractivity contribution in [3.8, 4) is 0 Å². The summed E-state index contributed by atoms with van der Waals surface area (Å²) in [6.07, 6.45) is 10.8. The minimum atomic E-state index is 0. The molecule has 0 amide bonds. The molecule has 0 N–H and O–H groups in total. The Hall–Kier alpha value is -2.70. The maximum atomic E-state index is 8.00. The maximum absolute atomic E-state index is 8.00. The molecule has 3 heterocycles. The molecule has 220 valence electrons. The Labute approximate surface area is 232 Å². The van der Waals surface area contributed by atoms with Gasteiger partial charge < -0.3 is 47.7 Å². The fourth-order valence-electron chi connectivity index (χ4n) is 1.97. The molecule has 0 aromatic carbocycles. The van der Waals surface area contributed by atoms with Gasteiger partial charge in [0, 0.05) is 56.0 Å². The van der Waals surface area contributed by atoms with Crippen LogP contribution < -0.4 is 11.2 Å². The Morgan fingerprint density at radius 2 is 0.789 bits per heavy atom. The second-order valence-electron chi connectivity index (χ2n) is 6.21. The van der Waals surface area contributed by atoms with E-state index in [9.17, 15) is 0 Å². The fraction of sp³-hybridized carbons (Fsp3) is 0.700. The normalized spacial score (nSPS) is 14.7. The van der Waals surface area contributed by atoms with Crippen LogP contribution in [0.25, 0.3) is 0 Å². The molecule has 1 aliphatic heterocycles. The van der Waals surface area contributed by atoms with E-state index >= 15 is 0 Å². The largest absolute Gasteiger partial charge is 0.444 e. The Morgan fingerprint density at radius 3 is 0.868 bits per heavy atom. The molecule has 0 spiro atoms. The topological polar surface area (TPSA) is 222 Å². The van der Waals surface area contributed by atoms with Crippen LogP contribution in [0.2, 0.25) is 0 Å². The second kappa shape index (κ2) is 41.4. The van der Waals surface area contributed by atoms with Gasteiger partial charge >= 0.3 is 0 Å². The number of hydrogen-bond acceptors (Lipinski definition) is 13. The van der Waals surface area contributed by atoms with Crippen molar-refractivity contribution in [2.24, 2.45) is 19.4 Å². The average molecular weight is 590 g/mol. The van der Waals surface area contributed by atoms with Gasteiger partial charge in [-0.25, -0.2) is 9.97 Å². The number of aromatic nitrogens is 4. The van der Waals surface area contributed by atoms with Gasteiger partial charge in [-0.15, -0.1) is 15.2 Å². The number of rotatable bonds is 0. The zero-order valence-electron chi connectivity index (χ0n) is 21.5. The van der Waals surface area contributed by atoms with Crippen molar-refractivity contribution in [1.82, 2.24) is 30.3 Å². The summed E-state index contributed by atoms with van der Waals surface area (Å²) < 4.78 is 35.7. The standard InChI is InChI=1S/C12H24O6.2C4H6N2.Fe.HNO2.2NO/c1-2-14-5-6-16-9-10-18-12-11-17-8-7-15-4-3-13-1;2*1-6-3-2-5-4-6;;2-1-3;2*1-2/h1-12H2;2*2-4H,1H3;;(H,2,3);;/p-1. The van der Waals surface area contributed by atoms with Gasteiger partial charge in [0.15, 0.2) is 0 Å². The summed E-state index contributed by atoms with van der Waals surface area (Å²) in [7, 11) is 3.88. The zero-order valence-corrected chi connectivity index (χ0v) is 22.6. The molecule has 1 fully saturated rings. The first kappa shape index (κ1) is 42.4. The molecule has 0 aliphatic carbocycles. The second-order valence-corrected chi connectivity index (χ2v) is 6.21. The molecular weight excluding hydrogens is 554 g/mol. The van der Waals surface area contributed by atoms with Crippen LogP contribution in [0.1, 0.15) is 0 Å². The molecule has 1 saturated heterocycles. The van der Waals surface area contributed by atoms with Crippen molar-refractivity contribution in [2.75, 3.05) is 79.3 Å². The molecule has 0 atom stereocenters. The van der Waals surface area contributed by atoms with Gasteiger partial charge in [0.25, 0.3) is 0 Å². The zero-order chi connectivity index (χ0) is 28.2. The number of nitroso groups, excluding NO2 is 2. The molecule has 0 bridgehead atoms. The number of aryl methyl sites for hydroxylation is 2. The van der Waals surface area contributed by atoms with E-state index in [4.69, 9.17) is 59.5 Å². The molecule has 3 rings (SSSR count). The third kappa shape index (κ3) is 40.5. The van der Waals surface area contributed by atoms with Crippen molar-refractivity contribution in [3.63, 3.8) is 0 Å². The molecule has 2 aromatic rings. The van der Waals surface area contributed by atoms with Crippen molar-refractivity contribution in [1.29, 1.82) is 0 Å². The van der Waals surface area contributed by atoms with E-state index in [0.717, 1.165) is 5.34 Å². The van der Waals surface area contributed by atoms with E-state index in [1.807, 2.05) is 35.6 Å². The quantitative estimate of drug-likeness (QED) is 0.229. The average Bonchev–Trinajstić information content (AvgIpc) is 3.61. The third-order valence-corrected chi connectivity index (χ3v) is 3.51. The number of hydrogen-bond donors (Lipinski definition) is 0. The minimum Gasteiger partial charge on any atom is -0.444 e. The third-order valence-electron chi connectivity index (χ3n) is 3.51. The first-order valence-electron chi connectivity index (χ1n) is 10.8. The summed E-state index contributed by atoms with van der Waals surface area (Å²) in [5.41, 5.74) is 11.5. The van der Waals surface area contributed by atoms with Crippen molar-refractivity contribution in [2.45, 2.75) is 0 Å². The van der Waals surface area contributed by atoms with Crippen LogP contribution in [0.15, 0.2) is 42.8 Å². The molecule has 18 heteroatoms. The van der Waals surface area contributed by atoms with Crippen LogP contribution in [-0.2, 0) is 59.6 Å². The molecule has 17 nitrogen and oxygen atoms in total. The molecular formula is C20H36FeN7O10-. The fourth-order valence-corrected chi connectivity index (χ4v) is 1.97. The van der Waals surface area contributed by atoms with E-state index < -0.39 is 0 Å². The van der Waals surface area contributed by atoms with Gasteiger partial charge in [-0.05, 0) is 0 Å². The number of ether oxygens (including phenoxy) is 6. The predicted octanol–water partition coefficient (Wildman–Crippen LogP) is 0.294. The number of nitrogens with zero attached hydrogens (tertiary/aromatic N) is 7. The van der Waals surface area contributed by atoms with Crippen LogP contribution in [0, 0.1) is 19.9 Å². The molecule has 2 radical (unpaired) electrons. The molecule has 0 unspecified atom stereocenters. The predicted molar refractivity (Wildman–Crippen MR) is 131 cm³/mol. The van der Waals surface area contributed by atoms with Gasteiger partial charge in [0.2, 0.25) is 0 Å². The molecule has 38 heavy (non-hydrogen) atoms. The van der Waals surface area contributed by atoms with Crippen LogP contribution in [0.4, 0.5) is 0 Å². The van der Waals surface area contributed by atoms with E-state index in [0.29, 0.717) is 79.3 Å². The summed E-state index contributed by atoms with van der Waals surface area (Å²) in [5, 5.41) is 9.00. The summed E-state index contributed by atoms with van der Waals surface area (Å²) in [5.74, 6) is 0. The summed E-state index contributed by atoms with van der Waals surface area (Å²) in [6.45, 7) is 7.04. The first-order chi connectivity index (χ1) is 18.2. The Kier molecular flexibility index (Phi) is 46.2.